The Kier molecular flexibility index (Phi) is 6.09. The molecule has 2 fully saturated rings. The van der Waals surface area contributed by atoms with Gasteiger partial charge in [0.25, 0.3) is 0 Å². The van der Waals surface area contributed by atoms with Gasteiger partial charge >= 0.3 is 5.56 Å². The highest BCUT2D eigenvalue weighted by molar-refractivity contribution is 5.70. The normalized spacial score (nSPS) is 21.9. The molecule has 1 unspecified atom stereocenters. The Bertz CT molecular complexity index is 1330. The second kappa shape index (κ2) is 9.08. The smallest absolute Gasteiger partial charge is 0.303 e. The molecule has 1 saturated heterocycles. The summed E-state index contributed by atoms with van der Waals surface area (Å²) >= 11 is 0. The van der Waals surface area contributed by atoms with E-state index in [4.69, 9.17) is 10.2 Å². The summed E-state index contributed by atoms with van der Waals surface area (Å²) in [6, 6.07) is 6.74. The minimum absolute atomic E-state index is 0.0412. The van der Waals surface area contributed by atoms with E-state index in [0.29, 0.717) is 23.8 Å². The number of nitrogens with zero attached hydrogens (tertiary/aromatic N) is 7. The van der Waals surface area contributed by atoms with Crippen LogP contribution in [0.2, 0.25) is 0 Å². The summed E-state index contributed by atoms with van der Waals surface area (Å²) in [5, 5.41) is 9.11. The van der Waals surface area contributed by atoms with Crippen molar-refractivity contribution in [2.75, 3.05) is 18.0 Å². The van der Waals surface area contributed by atoms with Crippen LogP contribution in [-0.4, -0.2) is 49.2 Å². The first-order valence-corrected chi connectivity index (χ1v) is 12.5. The molecule has 2 aliphatic rings. The van der Waals surface area contributed by atoms with Crippen molar-refractivity contribution in [2.45, 2.75) is 70.5 Å². The molecule has 8 nitrogen and oxygen atoms in total. The number of imidazole rings is 1. The van der Waals surface area contributed by atoms with Crippen molar-refractivity contribution >= 4 is 11.3 Å². The molecule has 3 aromatic rings. The largest absolute Gasteiger partial charge is 0.360 e. The lowest BCUT2D eigenvalue weighted by molar-refractivity contribution is 0.105. The van der Waals surface area contributed by atoms with Crippen LogP contribution >= 0.6 is 0 Å². The summed E-state index contributed by atoms with van der Waals surface area (Å²) < 4.78 is 18.3. The van der Waals surface area contributed by atoms with Gasteiger partial charge in [0, 0.05) is 56.1 Å². The van der Waals surface area contributed by atoms with Gasteiger partial charge < -0.3 is 4.90 Å². The molecule has 0 bridgehead atoms. The Labute approximate surface area is 204 Å². The minimum atomic E-state index is -0.794. The highest BCUT2D eigenvalue weighted by atomic mass is 19.1. The summed E-state index contributed by atoms with van der Waals surface area (Å²) in [4.78, 5) is 26.4. The first kappa shape index (κ1) is 23.5. The number of anilines is 1. The first-order chi connectivity index (χ1) is 16.8. The van der Waals surface area contributed by atoms with Crippen molar-refractivity contribution < 1.29 is 4.39 Å². The van der Waals surface area contributed by atoms with Gasteiger partial charge in [-0.25, -0.2) is 14.2 Å². The fourth-order valence-electron chi connectivity index (χ4n) is 5.36. The number of fused-ring (bicyclic) bond motifs is 1. The van der Waals surface area contributed by atoms with Gasteiger partial charge in [0.15, 0.2) is 5.65 Å². The molecule has 0 spiro atoms. The van der Waals surface area contributed by atoms with Gasteiger partial charge in [-0.1, -0.05) is 13.0 Å². The van der Waals surface area contributed by atoms with Crippen LogP contribution in [0.1, 0.15) is 68.9 Å². The maximum atomic E-state index is 15.5. The Balaban J connectivity index is 1.47. The molecular weight excluding hydrogens is 445 g/mol. The van der Waals surface area contributed by atoms with Crippen LogP contribution in [0.15, 0.2) is 29.3 Å². The Morgan fingerprint density at radius 3 is 2.69 bits per heavy atom. The molecule has 3 atom stereocenters. The fraction of sp³-hybridized carbons (Fsp3) is 0.538. The van der Waals surface area contributed by atoms with E-state index in [1.165, 1.54) is 35.8 Å². The van der Waals surface area contributed by atoms with Crippen molar-refractivity contribution in [3.05, 3.63) is 57.6 Å². The first-order valence-electron chi connectivity index (χ1n) is 12.5. The second-order valence-electron chi connectivity index (χ2n) is 9.95. The Morgan fingerprint density at radius 1 is 1.29 bits per heavy atom. The van der Waals surface area contributed by atoms with Gasteiger partial charge in [0.2, 0.25) is 5.82 Å². The molecule has 0 aromatic carbocycles. The third-order valence-corrected chi connectivity index (χ3v) is 7.65. The number of halogens is 1. The molecule has 184 valence electrons. The molecule has 35 heavy (non-hydrogen) atoms. The molecule has 3 aromatic heterocycles. The number of aromatic nitrogens is 4. The van der Waals surface area contributed by atoms with Gasteiger partial charge in [0.05, 0.1) is 24.4 Å². The van der Waals surface area contributed by atoms with E-state index < -0.39 is 11.4 Å². The van der Waals surface area contributed by atoms with Crippen LogP contribution in [0.4, 0.5) is 10.1 Å². The molecule has 0 radical (unpaired) electrons. The predicted molar refractivity (Wildman–Crippen MR) is 132 cm³/mol. The van der Waals surface area contributed by atoms with Crippen molar-refractivity contribution in [3.8, 4) is 6.07 Å². The minimum Gasteiger partial charge on any atom is -0.360 e. The molecule has 1 aliphatic heterocycles. The van der Waals surface area contributed by atoms with Crippen LogP contribution in [-0.2, 0) is 13.5 Å². The average molecular weight is 478 g/mol. The zero-order chi connectivity index (χ0) is 24.9. The molecule has 5 rings (SSSR count). The lowest BCUT2D eigenvalue weighted by Gasteiger charge is -2.48. The van der Waals surface area contributed by atoms with Crippen LogP contribution < -0.4 is 10.5 Å². The highest BCUT2D eigenvalue weighted by Gasteiger charge is 2.37. The predicted octanol–water partition coefficient (Wildman–Crippen LogP) is 3.56. The van der Waals surface area contributed by atoms with E-state index in [1.807, 2.05) is 11.1 Å². The molecule has 1 saturated carbocycles. The lowest BCUT2D eigenvalue weighted by atomic mass is 9.99. The monoisotopic (exact) mass is 477 g/mol. The van der Waals surface area contributed by atoms with Gasteiger partial charge in [-0.2, -0.15) is 9.65 Å². The summed E-state index contributed by atoms with van der Waals surface area (Å²) in [6.07, 6.45) is 7.11. The summed E-state index contributed by atoms with van der Waals surface area (Å²) in [5.74, 6) is -0.162. The molecule has 4 heterocycles. The molecular formula is C26H32FN7O. The number of pyridine rings is 1. The Hall–Kier alpha value is -3.25. The Morgan fingerprint density at radius 2 is 2.06 bits per heavy atom. The molecule has 0 N–H and O–H groups in total. The molecule has 1 aliphatic carbocycles. The number of nitriles is 1. The maximum Gasteiger partial charge on any atom is 0.303 e. The van der Waals surface area contributed by atoms with Gasteiger partial charge in [-0.3, -0.25) is 14.7 Å². The van der Waals surface area contributed by atoms with Crippen molar-refractivity contribution in [1.82, 2.24) is 24.1 Å². The number of hydrogen-bond donors (Lipinski definition) is 0. The zero-order valence-corrected chi connectivity index (χ0v) is 20.8. The summed E-state index contributed by atoms with van der Waals surface area (Å²) in [6.45, 7) is 7.71. The average Bonchev–Trinajstić information content (AvgIpc) is 3.63. The third kappa shape index (κ3) is 4.10. The van der Waals surface area contributed by atoms with Gasteiger partial charge in [0.1, 0.15) is 5.69 Å². The van der Waals surface area contributed by atoms with Gasteiger partial charge in [-0.05, 0) is 44.7 Å². The highest BCUT2D eigenvalue weighted by Crippen LogP contribution is 2.39. The van der Waals surface area contributed by atoms with E-state index >= 15 is 4.39 Å². The topological polar surface area (TPSA) is 82.5 Å². The third-order valence-electron chi connectivity index (χ3n) is 7.65. The van der Waals surface area contributed by atoms with Crippen LogP contribution in [0.3, 0.4) is 0 Å². The van der Waals surface area contributed by atoms with E-state index in [-0.39, 0.29) is 30.2 Å². The fourth-order valence-corrected chi connectivity index (χ4v) is 5.36. The van der Waals surface area contributed by atoms with E-state index in [0.717, 1.165) is 13.0 Å². The molecule has 9 heteroatoms. The van der Waals surface area contributed by atoms with Crippen LogP contribution in [0.25, 0.3) is 5.65 Å². The number of rotatable bonds is 6. The molecule has 0 amide bonds. The second-order valence-corrected chi connectivity index (χ2v) is 9.95. The lowest BCUT2D eigenvalue weighted by Crippen LogP contribution is -2.58. The summed E-state index contributed by atoms with van der Waals surface area (Å²) in [5.41, 5.74) is 2.79. The standard InChI is InChI=1S/C26H32FN7O/c1-5-21-15-32(24-23(27)26(35)31(4)34-14-20(10-11-28)30-25(24)34)16(2)13-33(21)17(3)19-8-9-22(29-12-19)18-6-7-18/h8-9,12,14,16-18,21H,5-7,10,13,15H2,1-4H3/t16-,17?,21+/m0/s1. The van der Waals surface area contributed by atoms with Crippen molar-refractivity contribution in [2.24, 2.45) is 7.05 Å². The van der Waals surface area contributed by atoms with E-state index in [2.05, 4.69) is 48.9 Å². The van der Waals surface area contributed by atoms with Gasteiger partial charge in [-0.15, -0.1) is 0 Å². The number of piperazine rings is 1. The van der Waals surface area contributed by atoms with Crippen LogP contribution in [0.5, 0.6) is 0 Å². The van der Waals surface area contributed by atoms with Crippen molar-refractivity contribution in [3.63, 3.8) is 0 Å². The van der Waals surface area contributed by atoms with E-state index in [1.54, 1.807) is 10.7 Å². The SMILES string of the molecule is CC[C@@H]1CN(c2c(F)c(=O)n(C)n3cc(CC#N)nc23)[C@@H](C)CN1C(C)c1ccc(C2CC2)nc1. The number of aryl methyl sites for hydroxylation is 1. The maximum absolute atomic E-state index is 15.5. The summed E-state index contributed by atoms with van der Waals surface area (Å²) in [7, 11) is 1.51. The van der Waals surface area contributed by atoms with Crippen molar-refractivity contribution in [1.29, 1.82) is 5.26 Å². The van der Waals surface area contributed by atoms with Crippen LogP contribution in [0, 0.1) is 17.1 Å². The van der Waals surface area contributed by atoms with E-state index in [9.17, 15) is 4.79 Å². The quantitative estimate of drug-likeness (QED) is 0.540. The number of hydrogen-bond acceptors (Lipinski definition) is 6. The zero-order valence-electron chi connectivity index (χ0n) is 20.8.